The lowest BCUT2D eigenvalue weighted by Gasteiger charge is -2.16. The van der Waals surface area contributed by atoms with Crippen molar-refractivity contribution in [3.63, 3.8) is 0 Å². The Labute approximate surface area is 148 Å². The van der Waals surface area contributed by atoms with Crippen LogP contribution in [0.4, 0.5) is 4.79 Å². The van der Waals surface area contributed by atoms with Gasteiger partial charge in [0, 0.05) is 13.1 Å². The highest BCUT2D eigenvalue weighted by atomic mass is 32.2. The summed E-state index contributed by atoms with van der Waals surface area (Å²) >= 11 is 0.919. The Morgan fingerprint density at radius 3 is 2.72 bits per heavy atom. The molecule has 1 aromatic carbocycles. The van der Waals surface area contributed by atoms with Crippen LogP contribution in [0.2, 0.25) is 0 Å². The molecule has 1 aliphatic heterocycles. The fourth-order valence-corrected chi connectivity index (χ4v) is 2.88. The second kappa shape index (κ2) is 8.02. The fourth-order valence-electron chi connectivity index (χ4n) is 2.12. The molecular formula is C16H18N2O6S. The zero-order valence-electron chi connectivity index (χ0n) is 13.8. The first-order valence-electron chi connectivity index (χ1n) is 7.55. The molecule has 2 N–H and O–H groups in total. The van der Waals surface area contributed by atoms with E-state index in [1.54, 1.807) is 13.0 Å². The highest BCUT2D eigenvalue weighted by Crippen LogP contribution is 2.20. The molecule has 1 heterocycles. The molecule has 0 radical (unpaired) electrons. The van der Waals surface area contributed by atoms with Crippen LogP contribution in [0.1, 0.15) is 22.8 Å². The van der Waals surface area contributed by atoms with Gasteiger partial charge in [-0.2, -0.15) is 0 Å². The molecule has 1 fully saturated rings. The van der Waals surface area contributed by atoms with Crippen LogP contribution in [-0.2, 0) is 14.3 Å². The summed E-state index contributed by atoms with van der Waals surface area (Å²) in [5, 5.41) is 11.9. The van der Waals surface area contributed by atoms with Crippen molar-refractivity contribution < 1.29 is 29.0 Å². The minimum absolute atomic E-state index is 0.0319. The lowest BCUT2D eigenvalue weighted by molar-refractivity contribution is -0.130. The van der Waals surface area contributed by atoms with Gasteiger partial charge in [0.2, 0.25) is 5.91 Å². The van der Waals surface area contributed by atoms with E-state index in [9.17, 15) is 24.3 Å². The van der Waals surface area contributed by atoms with E-state index in [0.717, 1.165) is 22.2 Å². The third kappa shape index (κ3) is 4.72. The van der Waals surface area contributed by atoms with Crippen LogP contribution in [0.15, 0.2) is 18.2 Å². The molecule has 25 heavy (non-hydrogen) atoms. The van der Waals surface area contributed by atoms with Gasteiger partial charge in [0.05, 0.1) is 5.75 Å². The maximum atomic E-state index is 12.0. The van der Waals surface area contributed by atoms with Crippen molar-refractivity contribution in [1.29, 1.82) is 0 Å². The standard InChI is InChI=1S/C16H18N2O6S/c1-9-3-4-11(12(19)7-9)15(22)24-10(2)14(21)17-5-6-18-13(20)8-25-16(18)23/h3-4,7,10,19H,5-6,8H2,1-2H3,(H,17,21)/t10-/m1/s1. The second-order valence-corrected chi connectivity index (χ2v) is 6.39. The van der Waals surface area contributed by atoms with E-state index < -0.39 is 18.0 Å². The van der Waals surface area contributed by atoms with Gasteiger partial charge in [-0.1, -0.05) is 17.8 Å². The number of carbonyl (C=O) groups is 4. The van der Waals surface area contributed by atoms with Crippen molar-refractivity contribution in [3.8, 4) is 5.75 Å². The molecule has 8 nitrogen and oxygen atoms in total. The first-order chi connectivity index (χ1) is 11.8. The van der Waals surface area contributed by atoms with Gasteiger partial charge >= 0.3 is 5.97 Å². The molecule has 0 bridgehead atoms. The Hall–Kier alpha value is -2.55. The van der Waals surface area contributed by atoms with Crippen molar-refractivity contribution >= 4 is 34.8 Å². The molecule has 0 spiro atoms. The van der Waals surface area contributed by atoms with Crippen molar-refractivity contribution in [1.82, 2.24) is 10.2 Å². The molecule has 9 heteroatoms. The first-order valence-corrected chi connectivity index (χ1v) is 8.53. The number of amides is 3. The van der Waals surface area contributed by atoms with Crippen molar-refractivity contribution in [2.75, 3.05) is 18.8 Å². The summed E-state index contributed by atoms with van der Waals surface area (Å²) in [5.74, 6) is -1.78. The zero-order chi connectivity index (χ0) is 18.6. The molecule has 1 aromatic rings. The second-order valence-electron chi connectivity index (χ2n) is 5.46. The fraction of sp³-hybridized carbons (Fsp3) is 0.375. The molecule has 1 saturated heterocycles. The van der Waals surface area contributed by atoms with Crippen LogP contribution in [0.3, 0.4) is 0 Å². The Morgan fingerprint density at radius 1 is 1.40 bits per heavy atom. The quantitative estimate of drug-likeness (QED) is 0.724. The number of thioether (sulfide) groups is 1. The number of hydrogen-bond donors (Lipinski definition) is 2. The van der Waals surface area contributed by atoms with E-state index >= 15 is 0 Å². The average Bonchev–Trinajstić information content (AvgIpc) is 2.86. The number of phenols is 1. The van der Waals surface area contributed by atoms with Crippen LogP contribution in [0.5, 0.6) is 5.75 Å². The van der Waals surface area contributed by atoms with Gasteiger partial charge in [-0.25, -0.2) is 4.79 Å². The average molecular weight is 366 g/mol. The monoisotopic (exact) mass is 366 g/mol. The minimum atomic E-state index is -1.09. The van der Waals surface area contributed by atoms with Gasteiger partial charge in [-0.05, 0) is 31.5 Å². The predicted molar refractivity (Wildman–Crippen MR) is 90.3 cm³/mol. The molecular weight excluding hydrogens is 348 g/mol. The van der Waals surface area contributed by atoms with Gasteiger partial charge < -0.3 is 15.2 Å². The van der Waals surface area contributed by atoms with Gasteiger partial charge in [-0.3, -0.25) is 19.3 Å². The van der Waals surface area contributed by atoms with Crippen LogP contribution in [0.25, 0.3) is 0 Å². The van der Waals surface area contributed by atoms with Crippen LogP contribution >= 0.6 is 11.8 Å². The summed E-state index contributed by atoms with van der Waals surface area (Å²) in [6, 6.07) is 4.48. The maximum absolute atomic E-state index is 12.0. The molecule has 0 aliphatic carbocycles. The first kappa shape index (κ1) is 18.8. The number of carbonyl (C=O) groups excluding carboxylic acids is 4. The molecule has 1 aliphatic rings. The van der Waals surface area contributed by atoms with E-state index in [-0.39, 0.29) is 41.3 Å². The summed E-state index contributed by atoms with van der Waals surface area (Å²) < 4.78 is 5.02. The molecule has 1 atom stereocenters. The third-order valence-corrected chi connectivity index (χ3v) is 4.36. The van der Waals surface area contributed by atoms with E-state index in [4.69, 9.17) is 4.74 Å². The number of imide groups is 1. The molecule has 0 unspecified atom stereocenters. The number of aryl methyl sites for hydroxylation is 1. The number of esters is 1. The Balaban J connectivity index is 1.82. The van der Waals surface area contributed by atoms with Gasteiger partial charge in [0.25, 0.3) is 11.1 Å². The van der Waals surface area contributed by atoms with Gasteiger partial charge in [-0.15, -0.1) is 0 Å². The molecule has 2 rings (SSSR count). The number of aromatic hydroxyl groups is 1. The number of nitrogens with zero attached hydrogens (tertiary/aromatic N) is 1. The topological polar surface area (TPSA) is 113 Å². The number of rotatable bonds is 6. The largest absolute Gasteiger partial charge is 0.507 e. The number of ether oxygens (including phenoxy) is 1. The molecule has 0 aromatic heterocycles. The number of hydrogen-bond acceptors (Lipinski definition) is 7. The molecule has 0 saturated carbocycles. The lowest BCUT2D eigenvalue weighted by Crippen LogP contribution is -2.41. The van der Waals surface area contributed by atoms with E-state index in [2.05, 4.69) is 5.32 Å². The Morgan fingerprint density at radius 2 is 2.12 bits per heavy atom. The lowest BCUT2D eigenvalue weighted by atomic mass is 10.1. The summed E-state index contributed by atoms with van der Waals surface area (Å²) in [6.07, 6.45) is -1.09. The van der Waals surface area contributed by atoms with Crippen molar-refractivity contribution in [2.24, 2.45) is 0 Å². The van der Waals surface area contributed by atoms with Crippen LogP contribution in [0, 0.1) is 6.92 Å². The summed E-state index contributed by atoms with van der Waals surface area (Å²) in [6.45, 7) is 3.28. The minimum Gasteiger partial charge on any atom is -0.507 e. The Bertz CT molecular complexity index is 705. The van der Waals surface area contributed by atoms with Crippen molar-refractivity contribution in [3.05, 3.63) is 29.3 Å². The number of nitrogens with one attached hydrogen (secondary N) is 1. The number of benzene rings is 1. The van der Waals surface area contributed by atoms with E-state index in [1.807, 2.05) is 0 Å². The van der Waals surface area contributed by atoms with Gasteiger partial charge in [0.15, 0.2) is 6.10 Å². The zero-order valence-corrected chi connectivity index (χ0v) is 14.6. The van der Waals surface area contributed by atoms with E-state index in [0.29, 0.717) is 0 Å². The van der Waals surface area contributed by atoms with E-state index in [1.165, 1.54) is 19.1 Å². The normalized spacial score (nSPS) is 15.2. The summed E-state index contributed by atoms with van der Waals surface area (Å²) in [7, 11) is 0. The highest BCUT2D eigenvalue weighted by molar-refractivity contribution is 8.14. The van der Waals surface area contributed by atoms with Crippen LogP contribution in [-0.4, -0.2) is 58.0 Å². The molecule has 134 valence electrons. The molecule has 3 amide bonds. The SMILES string of the molecule is Cc1ccc(C(=O)O[C@H](C)C(=O)NCCN2C(=O)CSC2=O)c(O)c1. The number of phenolic OH excluding ortho intramolecular Hbond substituents is 1. The summed E-state index contributed by atoms with van der Waals surface area (Å²) in [5.41, 5.74) is 0.750. The summed E-state index contributed by atoms with van der Waals surface area (Å²) in [4.78, 5) is 47.8. The van der Waals surface area contributed by atoms with Crippen molar-refractivity contribution in [2.45, 2.75) is 20.0 Å². The van der Waals surface area contributed by atoms with Gasteiger partial charge in [0.1, 0.15) is 11.3 Å². The predicted octanol–water partition coefficient (Wildman–Crippen LogP) is 1.06. The highest BCUT2D eigenvalue weighted by Gasteiger charge is 2.29. The Kier molecular flexibility index (Phi) is 6.02. The van der Waals surface area contributed by atoms with Crippen LogP contribution < -0.4 is 5.32 Å². The maximum Gasteiger partial charge on any atom is 0.342 e. The third-order valence-electron chi connectivity index (χ3n) is 3.50. The smallest absolute Gasteiger partial charge is 0.342 e.